The Morgan fingerprint density at radius 3 is 2.52 bits per heavy atom. The van der Waals surface area contributed by atoms with E-state index >= 15 is 0 Å². The van der Waals surface area contributed by atoms with Crippen LogP contribution in [0.1, 0.15) is 85.5 Å². The summed E-state index contributed by atoms with van der Waals surface area (Å²) in [6.45, 7) is 7.01. The Morgan fingerprint density at radius 2 is 1.84 bits per heavy atom. The number of aromatic nitrogens is 1. The first-order chi connectivity index (χ1) is 23.5. The number of fused-ring (bicyclic) bond motifs is 1. The minimum Gasteiger partial charge on any atom is -0.488 e. The zero-order chi connectivity index (χ0) is 36.4. The second-order valence-corrected chi connectivity index (χ2v) is 17.4. The molecule has 1 unspecified atom stereocenters. The fourth-order valence-electron chi connectivity index (χ4n) is 6.37. The third-order valence-electron chi connectivity index (χ3n) is 9.79. The van der Waals surface area contributed by atoms with Crippen molar-refractivity contribution in [3.05, 3.63) is 42.6 Å². The Labute approximate surface area is 294 Å². The molecule has 5 atom stereocenters. The van der Waals surface area contributed by atoms with E-state index in [2.05, 4.69) is 10.0 Å². The molecule has 3 fully saturated rings. The molecule has 4 amide bonds. The summed E-state index contributed by atoms with van der Waals surface area (Å²) in [5.74, 6) is -1.15. The molecule has 2 aromatic rings. The number of nitrogens with two attached hydrogens (primary N) is 1. The number of nitrogens with one attached hydrogen (secondary N) is 2. The van der Waals surface area contributed by atoms with Crippen LogP contribution in [-0.2, 0) is 36.2 Å². The van der Waals surface area contributed by atoms with Gasteiger partial charge in [-0.15, -0.1) is 0 Å². The number of likely N-dealkylation sites (tertiary alicyclic amines) is 1. The number of nitrogens with zero attached hydrogens (tertiary/aromatic N) is 2. The molecular weight excluding hydrogens is 662 g/mol. The summed E-state index contributed by atoms with van der Waals surface area (Å²) in [4.78, 5) is 53.0. The van der Waals surface area contributed by atoms with Crippen LogP contribution in [0, 0.1) is 11.8 Å². The number of sulfonamides is 1. The maximum Gasteiger partial charge on any atom is 0.408 e. The lowest BCUT2D eigenvalue weighted by Crippen LogP contribution is -2.53. The van der Waals surface area contributed by atoms with Gasteiger partial charge in [0.25, 0.3) is 0 Å². The van der Waals surface area contributed by atoms with Gasteiger partial charge >= 0.3 is 6.09 Å². The first kappa shape index (κ1) is 37.2. The average molecular weight is 714 g/mol. The number of carbonyl (C=O) groups is 4. The molecule has 2 saturated carbocycles. The van der Waals surface area contributed by atoms with Gasteiger partial charge < -0.3 is 30.0 Å². The molecule has 2 heterocycles. The maximum atomic E-state index is 13.9. The molecule has 4 N–H and O–H groups in total. The standard InChI is InChI=1S/C36H51N5O8S/c1-35(2,3)49-34(45)38-28(12-10-8-6-7-9-11-24-19-27(24)32(43)39-50(46,47)36(4)16-17-36)33(44)41-22-26(21-30(41)31(37)42)48-25-14-13-23-15-18-40(5)29(23)20-25/h9,11,13-15,18,20,24,26-28,30H,6-8,10,12,16-17,19,21-22H2,1-5H3,(H2,37,42)(H,38,45)(H,39,43)/b11-9-/t24-,26?,27+,28+,30+/m1/s1. The van der Waals surface area contributed by atoms with E-state index in [9.17, 15) is 27.6 Å². The molecule has 274 valence electrons. The molecule has 3 aliphatic rings. The Balaban J connectivity index is 1.13. The summed E-state index contributed by atoms with van der Waals surface area (Å²) >= 11 is 0. The summed E-state index contributed by atoms with van der Waals surface area (Å²) < 4.78 is 39.8. The summed E-state index contributed by atoms with van der Waals surface area (Å²) in [7, 11) is -1.69. The van der Waals surface area contributed by atoms with E-state index in [1.807, 2.05) is 54.2 Å². The van der Waals surface area contributed by atoms with E-state index in [4.69, 9.17) is 15.2 Å². The van der Waals surface area contributed by atoms with Gasteiger partial charge in [-0.25, -0.2) is 13.2 Å². The van der Waals surface area contributed by atoms with Crippen molar-refractivity contribution >= 4 is 44.7 Å². The van der Waals surface area contributed by atoms with Gasteiger partial charge in [-0.2, -0.15) is 0 Å². The molecule has 1 aromatic carbocycles. The predicted octanol–water partition coefficient (Wildman–Crippen LogP) is 4.05. The van der Waals surface area contributed by atoms with Gasteiger partial charge in [-0.3, -0.25) is 19.1 Å². The quantitative estimate of drug-likeness (QED) is 0.183. The van der Waals surface area contributed by atoms with Crippen molar-refractivity contribution in [2.24, 2.45) is 24.6 Å². The van der Waals surface area contributed by atoms with Gasteiger partial charge in [-0.1, -0.05) is 25.0 Å². The molecule has 1 aromatic heterocycles. The fourth-order valence-corrected chi connectivity index (χ4v) is 7.68. The number of amides is 4. The summed E-state index contributed by atoms with van der Waals surface area (Å²) in [6, 6.07) is 5.93. The molecule has 50 heavy (non-hydrogen) atoms. The molecule has 14 heteroatoms. The summed E-state index contributed by atoms with van der Waals surface area (Å²) in [6.07, 6.45) is 10.0. The number of allylic oxidation sites excluding steroid dienone is 2. The van der Waals surface area contributed by atoms with Crippen molar-refractivity contribution in [3.63, 3.8) is 0 Å². The van der Waals surface area contributed by atoms with E-state index in [-0.39, 0.29) is 24.8 Å². The van der Waals surface area contributed by atoms with Crippen molar-refractivity contribution in [2.45, 2.75) is 114 Å². The molecule has 5 rings (SSSR count). The first-order valence-corrected chi connectivity index (χ1v) is 19.0. The highest BCUT2D eigenvalue weighted by Gasteiger charge is 2.52. The smallest absolute Gasteiger partial charge is 0.408 e. The molecule has 1 saturated heterocycles. The van der Waals surface area contributed by atoms with E-state index in [1.165, 1.54) is 4.90 Å². The number of unbranched alkanes of at least 4 members (excludes halogenated alkanes) is 3. The highest BCUT2D eigenvalue weighted by atomic mass is 32.2. The molecule has 2 aliphatic carbocycles. The number of carbonyl (C=O) groups excluding carboxylic acids is 4. The number of aryl methyl sites for hydroxylation is 1. The van der Waals surface area contributed by atoms with Crippen LogP contribution in [0.25, 0.3) is 10.9 Å². The Hall–Kier alpha value is -4.07. The highest BCUT2D eigenvalue weighted by molar-refractivity contribution is 7.91. The van der Waals surface area contributed by atoms with Gasteiger partial charge in [0.15, 0.2) is 0 Å². The lowest BCUT2D eigenvalue weighted by Gasteiger charge is -2.28. The van der Waals surface area contributed by atoms with Crippen LogP contribution in [-0.4, -0.2) is 76.8 Å². The van der Waals surface area contributed by atoms with Gasteiger partial charge in [0, 0.05) is 31.6 Å². The van der Waals surface area contributed by atoms with Crippen molar-refractivity contribution < 1.29 is 37.1 Å². The molecule has 13 nitrogen and oxygen atoms in total. The van der Waals surface area contributed by atoms with Gasteiger partial charge in [0.1, 0.15) is 29.5 Å². The zero-order valence-corrected chi connectivity index (χ0v) is 30.5. The van der Waals surface area contributed by atoms with Crippen LogP contribution < -0.4 is 20.5 Å². The molecule has 0 spiro atoms. The van der Waals surface area contributed by atoms with Crippen LogP contribution >= 0.6 is 0 Å². The van der Waals surface area contributed by atoms with E-state index in [0.29, 0.717) is 37.9 Å². The normalized spacial score (nSPS) is 23.4. The Bertz CT molecular complexity index is 1740. The number of hydrogen-bond acceptors (Lipinski definition) is 8. The lowest BCUT2D eigenvalue weighted by atomic mass is 10.0. The largest absolute Gasteiger partial charge is 0.488 e. The highest BCUT2D eigenvalue weighted by Crippen LogP contribution is 2.44. The number of ether oxygens (including phenoxy) is 2. The van der Waals surface area contributed by atoms with Crippen LogP contribution in [0.5, 0.6) is 5.75 Å². The SMILES string of the molecule is Cn1ccc2ccc(OC3C[C@@H](C(N)=O)N(C(=O)[C@H](CCCCC/C=C\[C@@H]4C[C@@H]4C(=O)NS(=O)(=O)C4(C)CC4)NC(=O)OC(C)(C)C)C3)cc21. The maximum absolute atomic E-state index is 13.9. The monoisotopic (exact) mass is 713 g/mol. The van der Waals surface area contributed by atoms with Gasteiger partial charge in [-0.05, 0) is 95.7 Å². The zero-order valence-electron chi connectivity index (χ0n) is 29.6. The minimum absolute atomic E-state index is 0.0322. The van der Waals surface area contributed by atoms with E-state index < -0.39 is 62.4 Å². The number of hydrogen-bond donors (Lipinski definition) is 3. The molecule has 1 aliphatic heterocycles. The van der Waals surface area contributed by atoms with Crippen LogP contribution in [0.15, 0.2) is 42.6 Å². The molecule has 0 bridgehead atoms. The number of primary amides is 1. The second-order valence-electron chi connectivity index (χ2n) is 15.2. The minimum atomic E-state index is -3.63. The summed E-state index contributed by atoms with van der Waals surface area (Å²) in [5.41, 5.74) is 5.98. The van der Waals surface area contributed by atoms with Crippen molar-refractivity contribution in [1.82, 2.24) is 19.5 Å². The summed E-state index contributed by atoms with van der Waals surface area (Å²) in [5, 5.41) is 3.79. The van der Waals surface area contributed by atoms with Gasteiger partial charge in [0.2, 0.25) is 27.7 Å². The number of rotatable bonds is 15. The third kappa shape index (κ3) is 9.18. The van der Waals surface area contributed by atoms with Gasteiger partial charge in [0.05, 0.1) is 16.8 Å². The first-order valence-electron chi connectivity index (χ1n) is 17.5. The molecular formula is C36H51N5O8S. The molecule has 0 radical (unpaired) electrons. The average Bonchev–Trinajstić information content (AvgIpc) is 3.90. The van der Waals surface area contributed by atoms with Crippen molar-refractivity contribution in [3.8, 4) is 5.75 Å². The predicted molar refractivity (Wildman–Crippen MR) is 188 cm³/mol. The van der Waals surface area contributed by atoms with Crippen LogP contribution in [0.3, 0.4) is 0 Å². The van der Waals surface area contributed by atoms with Crippen molar-refractivity contribution in [2.75, 3.05) is 6.54 Å². The second kappa shape index (κ2) is 14.7. The number of alkyl carbamates (subject to hydrolysis) is 1. The van der Waals surface area contributed by atoms with E-state index in [0.717, 1.165) is 30.2 Å². The van der Waals surface area contributed by atoms with Crippen LogP contribution in [0.2, 0.25) is 0 Å². The lowest BCUT2D eigenvalue weighted by molar-refractivity contribution is -0.139. The topological polar surface area (TPSA) is 179 Å². The van der Waals surface area contributed by atoms with E-state index in [1.54, 1.807) is 27.7 Å². The van der Waals surface area contributed by atoms with Crippen LogP contribution in [0.4, 0.5) is 4.79 Å². The van der Waals surface area contributed by atoms with Crippen molar-refractivity contribution in [1.29, 1.82) is 0 Å². The number of benzene rings is 1. The Morgan fingerprint density at radius 1 is 1.10 bits per heavy atom. The Kier molecular flexibility index (Phi) is 10.9. The third-order valence-corrected chi connectivity index (χ3v) is 12.0. The fraction of sp³-hybridized carbons (Fsp3) is 0.611.